The summed E-state index contributed by atoms with van der Waals surface area (Å²) in [6, 6.07) is 12.3. The van der Waals surface area contributed by atoms with Gasteiger partial charge in [0.1, 0.15) is 11.8 Å². The van der Waals surface area contributed by atoms with Crippen LogP contribution < -0.4 is 5.01 Å². The maximum Gasteiger partial charge on any atom is 0.431 e. The van der Waals surface area contributed by atoms with Crippen LogP contribution in [0.2, 0.25) is 0 Å². The number of carbonyl (C=O) groups is 1. The molecule has 0 atom stereocenters. The summed E-state index contributed by atoms with van der Waals surface area (Å²) in [6.07, 6.45) is 1.95. The van der Waals surface area contributed by atoms with Crippen molar-refractivity contribution in [3.8, 4) is 0 Å². The first-order chi connectivity index (χ1) is 9.27. The van der Waals surface area contributed by atoms with Crippen molar-refractivity contribution < 1.29 is 9.90 Å². The molecule has 3 rings (SSSR count). The normalized spacial score (nSPS) is 10.5. The Morgan fingerprint density at radius 1 is 1.11 bits per heavy atom. The van der Waals surface area contributed by atoms with Gasteiger partial charge in [-0.05, 0) is 24.3 Å². The maximum absolute atomic E-state index is 11.5. The standard InChI is InChI=1S/C13H10N4O2/c18-13(19)17(10-5-2-1-3-6-10)16-9-15-11-7-4-8-14-12(11)16/h1-9H,(H,18,19). The average molecular weight is 254 g/mol. The number of imidazole rings is 1. The Morgan fingerprint density at radius 3 is 2.63 bits per heavy atom. The topological polar surface area (TPSA) is 71.2 Å². The minimum atomic E-state index is -1.10. The van der Waals surface area contributed by atoms with Crippen LogP contribution in [0, 0.1) is 0 Å². The predicted octanol–water partition coefficient (Wildman–Crippen LogP) is 2.38. The summed E-state index contributed by atoms with van der Waals surface area (Å²) < 4.78 is 1.41. The van der Waals surface area contributed by atoms with Crippen molar-refractivity contribution in [2.45, 2.75) is 0 Å². The zero-order valence-electron chi connectivity index (χ0n) is 9.84. The molecule has 94 valence electrons. The zero-order chi connectivity index (χ0) is 13.2. The molecule has 19 heavy (non-hydrogen) atoms. The molecular weight excluding hydrogens is 244 g/mol. The predicted molar refractivity (Wildman–Crippen MR) is 69.9 cm³/mol. The van der Waals surface area contributed by atoms with Crippen LogP contribution in [-0.2, 0) is 0 Å². The average Bonchev–Trinajstić information content (AvgIpc) is 2.84. The van der Waals surface area contributed by atoms with Crippen molar-refractivity contribution in [3.05, 3.63) is 55.0 Å². The molecule has 6 heteroatoms. The fraction of sp³-hybridized carbons (Fsp3) is 0. The molecule has 0 saturated carbocycles. The van der Waals surface area contributed by atoms with Crippen molar-refractivity contribution in [1.82, 2.24) is 14.6 Å². The Labute approximate surface area is 108 Å². The summed E-state index contributed by atoms with van der Waals surface area (Å²) in [6.45, 7) is 0. The molecular formula is C13H10N4O2. The van der Waals surface area contributed by atoms with Crippen molar-refractivity contribution in [2.24, 2.45) is 0 Å². The number of para-hydroxylation sites is 1. The molecule has 0 unspecified atom stereocenters. The number of nitrogens with zero attached hydrogens (tertiary/aromatic N) is 4. The second-order valence-corrected chi connectivity index (χ2v) is 3.87. The van der Waals surface area contributed by atoms with Crippen LogP contribution in [0.3, 0.4) is 0 Å². The highest BCUT2D eigenvalue weighted by Crippen LogP contribution is 2.18. The first-order valence-electron chi connectivity index (χ1n) is 5.64. The molecule has 3 aromatic rings. The number of fused-ring (bicyclic) bond motifs is 1. The van der Waals surface area contributed by atoms with E-state index in [1.54, 1.807) is 42.6 Å². The fourth-order valence-corrected chi connectivity index (χ4v) is 1.88. The Kier molecular flexibility index (Phi) is 2.60. The van der Waals surface area contributed by atoms with Crippen LogP contribution in [0.1, 0.15) is 0 Å². The van der Waals surface area contributed by atoms with E-state index in [9.17, 15) is 9.90 Å². The van der Waals surface area contributed by atoms with Gasteiger partial charge < -0.3 is 5.11 Å². The van der Waals surface area contributed by atoms with E-state index in [0.717, 1.165) is 5.01 Å². The van der Waals surface area contributed by atoms with Gasteiger partial charge in [-0.15, -0.1) is 0 Å². The van der Waals surface area contributed by atoms with Gasteiger partial charge in [-0.2, -0.15) is 5.01 Å². The van der Waals surface area contributed by atoms with Crippen molar-refractivity contribution in [3.63, 3.8) is 0 Å². The van der Waals surface area contributed by atoms with E-state index < -0.39 is 6.09 Å². The summed E-state index contributed by atoms with van der Waals surface area (Å²) >= 11 is 0. The SMILES string of the molecule is O=C(O)N(c1ccccc1)n1cnc2cccnc21. The second kappa shape index (κ2) is 4.41. The summed E-state index contributed by atoms with van der Waals surface area (Å²) in [4.78, 5) is 19.8. The highest BCUT2D eigenvalue weighted by Gasteiger charge is 2.19. The van der Waals surface area contributed by atoms with Crippen molar-refractivity contribution in [1.29, 1.82) is 0 Å². The Balaban J connectivity index is 2.18. The number of benzene rings is 1. The van der Waals surface area contributed by atoms with E-state index in [2.05, 4.69) is 9.97 Å². The summed E-state index contributed by atoms with van der Waals surface area (Å²) in [5, 5.41) is 10.5. The van der Waals surface area contributed by atoms with E-state index in [1.165, 1.54) is 11.0 Å². The lowest BCUT2D eigenvalue weighted by Crippen LogP contribution is -2.34. The lowest BCUT2D eigenvalue weighted by molar-refractivity contribution is 0.199. The molecule has 0 aliphatic carbocycles. The molecule has 1 amide bonds. The Hall–Kier alpha value is -2.89. The van der Waals surface area contributed by atoms with E-state index >= 15 is 0 Å². The molecule has 0 spiro atoms. The van der Waals surface area contributed by atoms with E-state index in [-0.39, 0.29) is 0 Å². The highest BCUT2D eigenvalue weighted by molar-refractivity contribution is 5.87. The molecule has 0 aliphatic heterocycles. The van der Waals surface area contributed by atoms with Gasteiger partial charge in [-0.25, -0.2) is 19.4 Å². The number of anilines is 1. The van der Waals surface area contributed by atoms with E-state index in [1.807, 2.05) is 6.07 Å². The third-order valence-corrected chi connectivity index (χ3v) is 2.69. The van der Waals surface area contributed by atoms with Gasteiger partial charge in [-0.1, -0.05) is 18.2 Å². The Bertz CT molecular complexity index is 724. The lowest BCUT2D eigenvalue weighted by Gasteiger charge is -2.19. The minimum Gasteiger partial charge on any atom is -0.463 e. The van der Waals surface area contributed by atoms with Crippen LogP contribution in [0.4, 0.5) is 10.5 Å². The van der Waals surface area contributed by atoms with Crippen LogP contribution in [0.5, 0.6) is 0 Å². The van der Waals surface area contributed by atoms with Crippen LogP contribution in [0.15, 0.2) is 55.0 Å². The van der Waals surface area contributed by atoms with Crippen molar-refractivity contribution in [2.75, 3.05) is 5.01 Å². The molecule has 0 saturated heterocycles. The number of carboxylic acid groups (broad SMARTS) is 1. The second-order valence-electron chi connectivity index (χ2n) is 3.87. The first-order valence-corrected chi connectivity index (χ1v) is 5.64. The summed E-state index contributed by atoms with van der Waals surface area (Å²) in [5.74, 6) is 0. The summed E-state index contributed by atoms with van der Waals surface area (Å²) in [7, 11) is 0. The van der Waals surface area contributed by atoms with Gasteiger partial charge >= 0.3 is 6.09 Å². The molecule has 0 aliphatic rings. The highest BCUT2D eigenvalue weighted by atomic mass is 16.4. The van der Waals surface area contributed by atoms with Gasteiger partial charge in [0, 0.05) is 6.20 Å². The number of aromatic nitrogens is 3. The first kappa shape index (κ1) is 11.2. The van der Waals surface area contributed by atoms with Crippen LogP contribution in [-0.4, -0.2) is 25.8 Å². The molecule has 6 nitrogen and oxygen atoms in total. The number of hydrogen-bond acceptors (Lipinski definition) is 3. The minimum absolute atomic E-state index is 0.494. The van der Waals surface area contributed by atoms with Gasteiger partial charge in [0.25, 0.3) is 0 Å². The monoisotopic (exact) mass is 254 g/mol. The largest absolute Gasteiger partial charge is 0.463 e. The molecule has 1 aromatic carbocycles. The molecule has 1 N–H and O–H groups in total. The maximum atomic E-state index is 11.5. The lowest BCUT2D eigenvalue weighted by atomic mass is 10.3. The summed E-state index contributed by atoms with van der Waals surface area (Å²) in [5.41, 5.74) is 1.67. The van der Waals surface area contributed by atoms with E-state index in [0.29, 0.717) is 16.9 Å². The third-order valence-electron chi connectivity index (χ3n) is 2.69. The van der Waals surface area contributed by atoms with Crippen LogP contribution >= 0.6 is 0 Å². The molecule has 2 aromatic heterocycles. The fourth-order valence-electron chi connectivity index (χ4n) is 1.88. The third kappa shape index (κ3) is 1.89. The quantitative estimate of drug-likeness (QED) is 0.762. The van der Waals surface area contributed by atoms with E-state index in [4.69, 9.17) is 0 Å². The smallest absolute Gasteiger partial charge is 0.431 e. The van der Waals surface area contributed by atoms with Gasteiger partial charge in [-0.3, -0.25) is 0 Å². The molecule has 0 fully saturated rings. The Morgan fingerprint density at radius 2 is 1.89 bits per heavy atom. The number of hydrogen-bond donors (Lipinski definition) is 1. The van der Waals surface area contributed by atoms with Crippen molar-refractivity contribution >= 4 is 22.9 Å². The van der Waals surface area contributed by atoms with Gasteiger partial charge in [0.2, 0.25) is 0 Å². The van der Waals surface area contributed by atoms with Gasteiger partial charge in [0.05, 0.1) is 5.69 Å². The number of pyridine rings is 1. The van der Waals surface area contributed by atoms with Crippen LogP contribution in [0.25, 0.3) is 11.2 Å². The number of rotatable bonds is 2. The number of amides is 1. The molecule has 0 bridgehead atoms. The van der Waals surface area contributed by atoms with Gasteiger partial charge in [0.15, 0.2) is 5.65 Å². The zero-order valence-corrected chi connectivity index (χ0v) is 9.84. The molecule has 0 radical (unpaired) electrons. The molecule has 2 heterocycles.